The van der Waals surface area contributed by atoms with E-state index in [0.29, 0.717) is 6.61 Å². The molecule has 2 aliphatic rings. The van der Waals surface area contributed by atoms with Gasteiger partial charge in [-0.15, -0.1) is 0 Å². The molecule has 5 nitrogen and oxygen atoms in total. The normalized spacial score (nSPS) is 17.6. The standard InChI is InChI=1S/C23H21BrClF2N3O2/c24-16-17(25)18(26)15-20(19(16)27)28-22(29-21(15)31-12-14-6-2-1-3-7-14)32-13-23-8-4-10-30(23)11-5-9-23/h1-3,6-7H,4-5,8-13H2. The molecule has 0 atom stereocenters. The molecule has 0 radical (unpaired) electrons. The summed E-state index contributed by atoms with van der Waals surface area (Å²) in [5.41, 5.74) is 0.588. The van der Waals surface area contributed by atoms with Crippen LogP contribution in [0.2, 0.25) is 5.02 Å². The summed E-state index contributed by atoms with van der Waals surface area (Å²) >= 11 is 9.00. The number of aromatic nitrogens is 2. The number of rotatable bonds is 6. The van der Waals surface area contributed by atoms with Gasteiger partial charge in [-0.05, 0) is 60.3 Å². The zero-order valence-electron chi connectivity index (χ0n) is 17.2. The maximum atomic E-state index is 15.0. The smallest absolute Gasteiger partial charge is 0.320 e. The maximum absolute atomic E-state index is 15.0. The van der Waals surface area contributed by atoms with Gasteiger partial charge in [0.25, 0.3) is 0 Å². The Balaban J connectivity index is 1.52. The Hall–Kier alpha value is -2.03. The largest absolute Gasteiger partial charge is 0.472 e. The van der Waals surface area contributed by atoms with E-state index in [2.05, 4.69) is 30.8 Å². The van der Waals surface area contributed by atoms with Gasteiger partial charge in [0.15, 0.2) is 11.6 Å². The van der Waals surface area contributed by atoms with Gasteiger partial charge in [0.1, 0.15) is 24.1 Å². The van der Waals surface area contributed by atoms with Crippen LogP contribution in [-0.2, 0) is 6.61 Å². The number of fused-ring (bicyclic) bond motifs is 2. The molecule has 168 valence electrons. The Morgan fingerprint density at radius 1 is 1.03 bits per heavy atom. The highest BCUT2D eigenvalue weighted by atomic mass is 79.9. The molecule has 2 aromatic carbocycles. The molecule has 2 saturated heterocycles. The second-order valence-electron chi connectivity index (χ2n) is 8.27. The Morgan fingerprint density at radius 3 is 2.47 bits per heavy atom. The lowest BCUT2D eigenvalue weighted by Crippen LogP contribution is -2.43. The Bertz CT molecular complexity index is 1160. The van der Waals surface area contributed by atoms with Crippen molar-refractivity contribution in [2.75, 3.05) is 19.7 Å². The van der Waals surface area contributed by atoms with E-state index in [0.717, 1.165) is 44.3 Å². The zero-order chi connectivity index (χ0) is 22.3. The number of halogens is 4. The van der Waals surface area contributed by atoms with Gasteiger partial charge < -0.3 is 9.47 Å². The number of ether oxygens (including phenoxy) is 2. The van der Waals surface area contributed by atoms with Gasteiger partial charge >= 0.3 is 6.01 Å². The van der Waals surface area contributed by atoms with Crippen molar-refractivity contribution in [3.05, 3.63) is 57.0 Å². The van der Waals surface area contributed by atoms with Gasteiger partial charge in [0.2, 0.25) is 5.88 Å². The highest BCUT2D eigenvalue weighted by Gasteiger charge is 2.45. The van der Waals surface area contributed by atoms with E-state index < -0.39 is 11.6 Å². The summed E-state index contributed by atoms with van der Waals surface area (Å²) in [6, 6.07) is 9.32. The van der Waals surface area contributed by atoms with E-state index in [4.69, 9.17) is 21.1 Å². The van der Waals surface area contributed by atoms with Gasteiger partial charge in [-0.2, -0.15) is 9.97 Å². The second-order valence-corrected chi connectivity index (χ2v) is 9.44. The second kappa shape index (κ2) is 8.72. The van der Waals surface area contributed by atoms with E-state index in [1.807, 2.05) is 30.3 Å². The third kappa shape index (κ3) is 3.82. The molecule has 0 saturated carbocycles. The molecule has 0 aliphatic carbocycles. The Morgan fingerprint density at radius 2 is 1.75 bits per heavy atom. The average Bonchev–Trinajstić information content (AvgIpc) is 3.39. The fraction of sp³-hybridized carbons (Fsp3) is 0.391. The van der Waals surface area contributed by atoms with E-state index >= 15 is 8.78 Å². The lowest BCUT2D eigenvalue weighted by molar-refractivity contribution is 0.107. The SMILES string of the molecule is Fc1c(Br)c(Cl)c(F)c2c(OCc3ccccc3)nc(OCC34CCCN3CCC4)nc12. The molecular formula is C23H21BrClF2N3O2. The molecule has 3 heterocycles. The molecule has 2 fully saturated rings. The van der Waals surface area contributed by atoms with Crippen molar-refractivity contribution < 1.29 is 18.3 Å². The molecule has 0 amide bonds. The van der Waals surface area contributed by atoms with Crippen molar-refractivity contribution in [2.45, 2.75) is 37.8 Å². The zero-order valence-corrected chi connectivity index (χ0v) is 19.6. The van der Waals surface area contributed by atoms with Gasteiger partial charge in [-0.25, -0.2) is 8.78 Å². The van der Waals surface area contributed by atoms with Gasteiger partial charge in [-0.3, -0.25) is 4.90 Å². The molecule has 0 N–H and O–H groups in total. The van der Waals surface area contributed by atoms with Crippen LogP contribution < -0.4 is 9.47 Å². The summed E-state index contributed by atoms with van der Waals surface area (Å²) in [7, 11) is 0. The van der Waals surface area contributed by atoms with Crippen molar-refractivity contribution in [2.24, 2.45) is 0 Å². The molecule has 2 aliphatic heterocycles. The number of benzene rings is 2. The summed E-state index contributed by atoms with van der Waals surface area (Å²) in [6.45, 7) is 2.63. The van der Waals surface area contributed by atoms with Crippen molar-refractivity contribution in [3.63, 3.8) is 0 Å². The van der Waals surface area contributed by atoms with Crippen molar-refractivity contribution in [3.8, 4) is 11.9 Å². The lowest BCUT2D eigenvalue weighted by Gasteiger charge is -2.31. The minimum absolute atomic E-state index is 0.0340. The monoisotopic (exact) mass is 523 g/mol. The summed E-state index contributed by atoms with van der Waals surface area (Å²) in [5.74, 6) is -1.74. The van der Waals surface area contributed by atoms with Crippen molar-refractivity contribution >= 4 is 38.4 Å². The number of hydrogen-bond donors (Lipinski definition) is 0. The van der Waals surface area contributed by atoms with Crippen LogP contribution in [0.4, 0.5) is 8.78 Å². The summed E-state index contributed by atoms with van der Waals surface area (Å²) in [6.07, 6.45) is 4.33. The van der Waals surface area contributed by atoms with E-state index in [1.54, 1.807) is 0 Å². The quantitative estimate of drug-likeness (QED) is 0.296. The average molecular weight is 525 g/mol. The van der Waals surface area contributed by atoms with Crippen LogP contribution in [0.25, 0.3) is 10.9 Å². The summed E-state index contributed by atoms with van der Waals surface area (Å²) in [5, 5.41) is -0.594. The minimum atomic E-state index is -0.846. The number of nitrogens with zero attached hydrogens (tertiary/aromatic N) is 3. The first-order chi connectivity index (χ1) is 15.5. The van der Waals surface area contributed by atoms with Crippen LogP contribution in [-0.4, -0.2) is 40.1 Å². The van der Waals surface area contributed by atoms with Crippen molar-refractivity contribution in [1.82, 2.24) is 14.9 Å². The van der Waals surface area contributed by atoms with E-state index in [1.165, 1.54) is 0 Å². The van der Waals surface area contributed by atoms with E-state index in [-0.39, 0.29) is 44.4 Å². The van der Waals surface area contributed by atoms with E-state index in [9.17, 15) is 0 Å². The lowest BCUT2D eigenvalue weighted by atomic mass is 9.95. The van der Waals surface area contributed by atoms with Crippen LogP contribution in [0.5, 0.6) is 11.9 Å². The molecule has 1 aromatic heterocycles. The van der Waals surface area contributed by atoms with Gasteiger partial charge in [0, 0.05) is 0 Å². The number of hydrogen-bond acceptors (Lipinski definition) is 5. The van der Waals surface area contributed by atoms with Gasteiger partial charge in [0.05, 0.1) is 15.0 Å². The maximum Gasteiger partial charge on any atom is 0.320 e. The molecule has 32 heavy (non-hydrogen) atoms. The molecule has 9 heteroatoms. The highest BCUT2D eigenvalue weighted by molar-refractivity contribution is 9.10. The Labute approximate surface area is 197 Å². The minimum Gasteiger partial charge on any atom is -0.472 e. The van der Waals surface area contributed by atoms with Crippen LogP contribution >= 0.6 is 27.5 Å². The predicted octanol–water partition coefficient (Wildman–Crippen LogP) is 5.91. The van der Waals surface area contributed by atoms with Crippen LogP contribution in [0, 0.1) is 11.6 Å². The Kier molecular flexibility index (Phi) is 5.94. The highest BCUT2D eigenvalue weighted by Crippen LogP contribution is 2.41. The molecule has 0 bridgehead atoms. The summed E-state index contributed by atoms with van der Waals surface area (Å²) < 4.78 is 41.6. The van der Waals surface area contributed by atoms with Crippen LogP contribution in [0.1, 0.15) is 31.2 Å². The third-order valence-electron chi connectivity index (χ3n) is 6.36. The predicted molar refractivity (Wildman–Crippen MR) is 121 cm³/mol. The third-order valence-corrected chi connectivity index (χ3v) is 7.69. The first-order valence-corrected chi connectivity index (χ1v) is 11.7. The first-order valence-electron chi connectivity index (χ1n) is 10.6. The topological polar surface area (TPSA) is 47.5 Å². The van der Waals surface area contributed by atoms with Crippen LogP contribution in [0.15, 0.2) is 34.8 Å². The molecule has 0 unspecified atom stereocenters. The van der Waals surface area contributed by atoms with Crippen LogP contribution in [0.3, 0.4) is 0 Å². The molecular weight excluding hydrogens is 504 g/mol. The molecule has 0 spiro atoms. The summed E-state index contributed by atoms with van der Waals surface area (Å²) in [4.78, 5) is 10.9. The molecule has 3 aromatic rings. The van der Waals surface area contributed by atoms with Gasteiger partial charge in [-0.1, -0.05) is 41.9 Å². The van der Waals surface area contributed by atoms with Crippen molar-refractivity contribution in [1.29, 1.82) is 0 Å². The fourth-order valence-corrected chi connectivity index (χ4v) is 5.28. The first kappa shape index (κ1) is 21.8. The fourth-order valence-electron chi connectivity index (χ4n) is 4.74. The molecule has 5 rings (SSSR count).